The van der Waals surface area contributed by atoms with Gasteiger partial charge in [-0.3, -0.25) is 4.79 Å². The molecule has 0 bridgehead atoms. The molecular formula is C25H27N3O5. The van der Waals surface area contributed by atoms with Crippen molar-refractivity contribution in [2.45, 2.75) is 44.9 Å². The Morgan fingerprint density at radius 3 is 2.79 bits per heavy atom. The van der Waals surface area contributed by atoms with Crippen LogP contribution in [0.3, 0.4) is 0 Å². The summed E-state index contributed by atoms with van der Waals surface area (Å²) in [7, 11) is 0. The highest BCUT2D eigenvalue weighted by Crippen LogP contribution is 2.53. The van der Waals surface area contributed by atoms with Gasteiger partial charge in [-0.25, -0.2) is 5.01 Å². The molecule has 4 aliphatic rings. The molecule has 2 aromatic carbocycles. The maximum Gasteiger partial charge on any atom is 0.231 e. The number of amides is 1. The van der Waals surface area contributed by atoms with Crippen LogP contribution in [0, 0.1) is 0 Å². The largest absolute Gasteiger partial charge is 0.490 e. The lowest BCUT2D eigenvalue weighted by Crippen LogP contribution is -2.59. The van der Waals surface area contributed by atoms with Gasteiger partial charge in [0.25, 0.3) is 0 Å². The molecule has 1 spiro atoms. The molecule has 4 aliphatic heterocycles. The van der Waals surface area contributed by atoms with E-state index in [1.807, 2.05) is 42.2 Å². The Hall–Kier alpha value is -3.42. The number of nitrogens with zero attached hydrogens (tertiary/aromatic N) is 3. The summed E-state index contributed by atoms with van der Waals surface area (Å²) < 4.78 is 23.8. The highest BCUT2D eigenvalue weighted by atomic mass is 16.7. The summed E-state index contributed by atoms with van der Waals surface area (Å²) in [5.41, 5.74) is 2.48. The van der Waals surface area contributed by atoms with Crippen LogP contribution >= 0.6 is 0 Å². The molecule has 0 aliphatic carbocycles. The minimum atomic E-state index is -0.616. The number of hydrogen-bond acceptors (Lipinski definition) is 7. The van der Waals surface area contributed by atoms with E-state index in [0.717, 1.165) is 46.3 Å². The zero-order chi connectivity index (χ0) is 22.6. The number of likely N-dealkylation sites (tertiary alicyclic amines) is 1. The molecule has 0 radical (unpaired) electrons. The number of fused-ring (bicyclic) bond motifs is 5. The lowest BCUT2D eigenvalue weighted by molar-refractivity contribution is -0.159. The Labute approximate surface area is 192 Å². The summed E-state index contributed by atoms with van der Waals surface area (Å²) in [6, 6.07) is 12.1. The number of piperidine rings is 1. The van der Waals surface area contributed by atoms with E-state index in [0.29, 0.717) is 32.5 Å². The van der Waals surface area contributed by atoms with E-state index in [1.54, 1.807) is 6.92 Å². The van der Waals surface area contributed by atoms with Crippen LogP contribution in [-0.4, -0.2) is 53.7 Å². The van der Waals surface area contributed by atoms with Gasteiger partial charge in [-0.15, -0.1) is 0 Å². The van der Waals surface area contributed by atoms with Gasteiger partial charge in [0.1, 0.15) is 0 Å². The monoisotopic (exact) mass is 449 g/mol. The predicted molar refractivity (Wildman–Crippen MR) is 121 cm³/mol. The van der Waals surface area contributed by atoms with Crippen molar-refractivity contribution in [1.29, 1.82) is 0 Å². The van der Waals surface area contributed by atoms with Crippen LogP contribution in [0.1, 0.15) is 50.3 Å². The molecule has 1 atom stereocenters. The number of hydrazone groups is 1. The summed E-state index contributed by atoms with van der Waals surface area (Å²) in [5, 5.41) is 7.25. The molecule has 8 nitrogen and oxygen atoms in total. The molecule has 0 saturated carbocycles. The van der Waals surface area contributed by atoms with Crippen LogP contribution in [0.4, 0.5) is 0 Å². The van der Waals surface area contributed by atoms with Crippen LogP contribution in [-0.2, 0) is 4.79 Å². The minimum Gasteiger partial charge on any atom is -0.490 e. The zero-order valence-corrected chi connectivity index (χ0v) is 18.9. The van der Waals surface area contributed by atoms with E-state index >= 15 is 0 Å². The van der Waals surface area contributed by atoms with Gasteiger partial charge in [0.15, 0.2) is 23.0 Å². The third-order valence-electron chi connectivity index (χ3n) is 6.98. The number of ether oxygens (including phenoxy) is 4. The first kappa shape index (κ1) is 20.2. The van der Waals surface area contributed by atoms with Crippen LogP contribution in [0.25, 0.3) is 0 Å². The Morgan fingerprint density at radius 2 is 2.00 bits per heavy atom. The van der Waals surface area contributed by atoms with Gasteiger partial charge in [0.05, 0.1) is 18.4 Å². The van der Waals surface area contributed by atoms with E-state index < -0.39 is 5.72 Å². The first-order valence-electron chi connectivity index (χ1n) is 11.5. The van der Waals surface area contributed by atoms with Gasteiger partial charge in [-0.2, -0.15) is 5.10 Å². The molecule has 1 saturated heterocycles. The van der Waals surface area contributed by atoms with E-state index in [2.05, 4.69) is 11.1 Å². The molecule has 0 unspecified atom stereocenters. The van der Waals surface area contributed by atoms with Gasteiger partial charge >= 0.3 is 0 Å². The lowest BCUT2D eigenvalue weighted by Gasteiger charge is -2.51. The van der Waals surface area contributed by atoms with Crippen molar-refractivity contribution in [3.63, 3.8) is 0 Å². The lowest BCUT2D eigenvalue weighted by atomic mass is 9.90. The van der Waals surface area contributed by atoms with Crippen molar-refractivity contribution in [1.82, 2.24) is 9.91 Å². The average Bonchev–Trinajstić information content (AvgIpc) is 3.48. The topological polar surface area (TPSA) is 72.8 Å². The van der Waals surface area contributed by atoms with E-state index in [9.17, 15) is 4.79 Å². The maximum absolute atomic E-state index is 12.0. The number of hydrogen-bond donors (Lipinski definition) is 0. The Kier molecular flexibility index (Phi) is 4.64. The second kappa shape index (κ2) is 7.57. The second-order valence-corrected chi connectivity index (χ2v) is 8.84. The molecule has 1 fully saturated rings. The van der Waals surface area contributed by atoms with Crippen LogP contribution in [0.2, 0.25) is 0 Å². The van der Waals surface area contributed by atoms with Crippen molar-refractivity contribution in [2.24, 2.45) is 5.10 Å². The molecule has 33 heavy (non-hydrogen) atoms. The highest BCUT2D eigenvalue weighted by Gasteiger charge is 2.52. The van der Waals surface area contributed by atoms with Gasteiger partial charge < -0.3 is 23.8 Å². The zero-order valence-electron chi connectivity index (χ0n) is 18.9. The SMILES string of the molecule is CCOc1cccc2c1OC1(CCN(C(C)=O)CC1)N1N=C(c3ccc4c(c3)OCO4)C[C@H]21. The maximum atomic E-state index is 12.0. The summed E-state index contributed by atoms with van der Waals surface area (Å²) in [6.07, 6.45) is 2.12. The Morgan fingerprint density at radius 1 is 1.18 bits per heavy atom. The minimum absolute atomic E-state index is 0.0402. The quantitative estimate of drug-likeness (QED) is 0.712. The Balaban J connectivity index is 1.41. The van der Waals surface area contributed by atoms with Gasteiger partial charge in [0, 0.05) is 50.4 Å². The number of carbonyl (C=O) groups is 1. The second-order valence-electron chi connectivity index (χ2n) is 8.84. The first-order chi connectivity index (χ1) is 16.1. The van der Waals surface area contributed by atoms with Crippen LogP contribution in [0.5, 0.6) is 23.0 Å². The highest BCUT2D eigenvalue weighted by molar-refractivity contribution is 6.02. The fourth-order valence-corrected chi connectivity index (χ4v) is 5.29. The molecular weight excluding hydrogens is 422 g/mol. The van der Waals surface area contributed by atoms with Crippen molar-refractivity contribution in [3.05, 3.63) is 47.5 Å². The molecule has 4 heterocycles. The molecule has 172 valence electrons. The molecule has 8 heteroatoms. The number of rotatable bonds is 3. The van der Waals surface area contributed by atoms with Crippen LogP contribution < -0.4 is 18.9 Å². The normalized spacial score (nSPS) is 21.9. The molecule has 0 aromatic heterocycles. The van der Waals surface area contributed by atoms with Crippen molar-refractivity contribution < 1.29 is 23.7 Å². The van der Waals surface area contributed by atoms with Crippen molar-refractivity contribution in [2.75, 3.05) is 26.5 Å². The number of para-hydroxylation sites is 1. The predicted octanol–water partition coefficient (Wildman–Crippen LogP) is 3.70. The Bertz CT molecular complexity index is 1140. The van der Waals surface area contributed by atoms with Crippen molar-refractivity contribution in [3.8, 4) is 23.0 Å². The fraction of sp³-hybridized carbons (Fsp3) is 0.440. The fourth-order valence-electron chi connectivity index (χ4n) is 5.29. The molecule has 6 rings (SSSR count). The number of benzene rings is 2. The summed E-state index contributed by atoms with van der Waals surface area (Å²) in [4.78, 5) is 13.8. The summed E-state index contributed by atoms with van der Waals surface area (Å²) >= 11 is 0. The third-order valence-corrected chi connectivity index (χ3v) is 6.98. The average molecular weight is 450 g/mol. The van der Waals surface area contributed by atoms with E-state index in [4.69, 9.17) is 24.0 Å². The molecule has 2 aromatic rings. The number of carbonyl (C=O) groups excluding carboxylic acids is 1. The van der Waals surface area contributed by atoms with E-state index in [-0.39, 0.29) is 18.7 Å². The van der Waals surface area contributed by atoms with Gasteiger partial charge in [-0.1, -0.05) is 12.1 Å². The van der Waals surface area contributed by atoms with Gasteiger partial charge in [-0.05, 0) is 31.2 Å². The summed E-state index contributed by atoms with van der Waals surface area (Å²) in [5.74, 6) is 3.18. The summed E-state index contributed by atoms with van der Waals surface area (Å²) in [6.45, 7) is 5.69. The van der Waals surface area contributed by atoms with Crippen LogP contribution in [0.15, 0.2) is 41.5 Å². The standard InChI is InChI=1S/C25H27N3O5/c1-3-30-22-6-4-5-18-20-14-19(17-7-8-21-23(13-17)32-15-31-21)26-28(20)25(33-24(18)22)9-11-27(12-10-25)16(2)29/h4-8,13,20H,3,9-12,14-15H2,1-2H3/t20-/m1/s1. The third kappa shape index (κ3) is 3.19. The van der Waals surface area contributed by atoms with Crippen molar-refractivity contribution >= 4 is 11.6 Å². The molecule has 0 N–H and O–H groups in total. The first-order valence-corrected chi connectivity index (χ1v) is 11.5. The smallest absolute Gasteiger partial charge is 0.231 e. The molecule has 1 amide bonds. The van der Waals surface area contributed by atoms with E-state index in [1.165, 1.54) is 0 Å². The van der Waals surface area contributed by atoms with Gasteiger partial charge in [0.2, 0.25) is 18.4 Å².